The highest BCUT2D eigenvalue weighted by Crippen LogP contribution is 2.24. The van der Waals surface area contributed by atoms with Crippen molar-refractivity contribution in [2.75, 3.05) is 18.4 Å². The second-order valence-corrected chi connectivity index (χ2v) is 6.32. The second kappa shape index (κ2) is 6.09. The fourth-order valence-corrected chi connectivity index (χ4v) is 3.22. The van der Waals surface area contributed by atoms with E-state index < -0.39 is 10.0 Å². The first-order valence-electron chi connectivity index (χ1n) is 6.43. The Hall–Kier alpha value is -1.51. The van der Waals surface area contributed by atoms with E-state index in [1.807, 2.05) is 6.07 Å². The Morgan fingerprint density at radius 3 is 3.05 bits per heavy atom. The fourth-order valence-electron chi connectivity index (χ4n) is 2.10. The summed E-state index contributed by atoms with van der Waals surface area (Å²) in [7, 11) is -3.42. The minimum atomic E-state index is -3.42. The van der Waals surface area contributed by atoms with Gasteiger partial charge in [0.2, 0.25) is 10.0 Å². The number of aryl methyl sites for hydroxylation is 1. The predicted octanol–water partition coefficient (Wildman–Crippen LogP) is 1.74. The molecule has 1 aromatic carbocycles. The quantitative estimate of drug-likeness (QED) is 0.637. The van der Waals surface area contributed by atoms with Gasteiger partial charge in [-0.05, 0) is 43.0 Å². The Bertz CT molecular complexity index is 588. The lowest BCUT2D eigenvalue weighted by Gasteiger charge is -2.18. The molecule has 0 saturated heterocycles. The highest BCUT2D eigenvalue weighted by Gasteiger charge is 2.16. The maximum atomic E-state index is 12.1. The monoisotopic (exact) mass is 278 g/mol. The molecule has 0 atom stereocenters. The number of fused-ring (bicyclic) bond motifs is 1. The smallest absolute Gasteiger partial charge is 0.240 e. The molecule has 1 aliphatic heterocycles. The van der Waals surface area contributed by atoms with Crippen molar-refractivity contribution in [1.29, 1.82) is 0 Å². The molecule has 0 aliphatic carbocycles. The van der Waals surface area contributed by atoms with Crippen molar-refractivity contribution in [1.82, 2.24) is 4.72 Å². The summed E-state index contributed by atoms with van der Waals surface area (Å²) in [6.07, 6.45) is 8.32. The molecule has 0 aromatic heterocycles. The normalized spacial score (nSPS) is 14.3. The molecule has 1 heterocycles. The summed E-state index contributed by atoms with van der Waals surface area (Å²) in [6, 6.07) is 5.23. The van der Waals surface area contributed by atoms with Crippen LogP contribution < -0.4 is 10.0 Å². The van der Waals surface area contributed by atoms with Crippen LogP contribution in [-0.2, 0) is 16.4 Å². The van der Waals surface area contributed by atoms with Crippen LogP contribution in [0.15, 0.2) is 23.1 Å². The highest BCUT2D eigenvalue weighted by molar-refractivity contribution is 7.89. The average molecular weight is 278 g/mol. The third-order valence-corrected chi connectivity index (χ3v) is 4.57. The number of unbranched alkanes of at least 4 members (excludes halogenated alkanes) is 1. The highest BCUT2D eigenvalue weighted by atomic mass is 32.2. The zero-order chi connectivity index (χ0) is 13.7. The van der Waals surface area contributed by atoms with Gasteiger partial charge in [-0.3, -0.25) is 0 Å². The number of anilines is 1. The number of hydrogen-bond acceptors (Lipinski definition) is 3. The van der Waals surface area contributed by atoms with Crippen LogP contribution in [0.4, 0.5) is 5.69 Å². The molecule has 0 spiro atoms. The third-order valence-electron chi connectivity index (χ3n) is 3.12. The van der Waals surface area contributed by atoms with Gasteiger partial charge >= 0.3 is 0 Å². The summed E-state index contributed by atoms with van der Waals surface area (Å²) >= 11 is 0. The topological polar surface area (TPSA) is 58.2 Å². The van der Waals surface area contributed by atoms with Gasteiger partial charge in [-0.1, -0.05) is 0 Å². The molecule has 1 aromatic rings. The zero-order valence-electron chi connectivity index (χ0n) is 10.8. The molecule has 5 heteroatoms. The summed E-state index contributed by atoms with van der Waals surface area (Å²) in [5, 5.41) is 3.26. The van der Waals surface area contributed by atoms with E-state index in [9.17, 15) is 8.42 Å². The van der Waals surface area contributed by atoms with Crippen LogP contribution in [0.25, 0.3) is 0 Å². The van der Waals surface area contributed by atoms with E-state index in [1.165, 1.54) is 0 Å². The van der Waals surface area contributed by atoms with Gasteiger partial charge in [-0.25, -0.2) is 13.1 Å². The zero-order valence-corrected chi connectivity index (χ0v) is 11.6. The Morgan fingerprint density at radius 2 is 2.26 bits per heavy atom. The van der Waals surface area contributed by atoms with Gasteiger partial charge in [-0.2, -0.15) is 0 Å². The Kier molecular flexibility index (Phi) is 4.46. The van der Waals surface area contributed by atoms with Crippen molar-refractivity contribution < 1.29 is 8.42 Å². The van der Waals surface area contributed by atoms with E-state index in [-0.39, 0.29) is 0 Å². The average Bonchev–Trinajstić information content (AvgIpc) is 2.43. The van der Waals surface area contributed by atoms with Gasteiger partial charge in [0.1, 0.15) is 0 Å². The SMILES string of the molecule is C#CCCCNS(=O)(=O)c1ccc2c(c1)CCCN2. The molecular weight excluding hydrogens is 260 g/mol. The minimum Gasteiger partial charge on any atom is -0.385 e. The van der Waals surface area contributed by atoms with Crippen molar-refractivity contribution in [2.24, 2.45) is 0 Å². The third kappa shape index (κ3) is 3.49. The summed E-state index contributed by atoms with van der Waals surface area (Å²) in [5.41, 5.74) is 2.11. The first-order valence-corrected chi connectivity index (χ1v) is 7.92. The number of terminal acetylenes is 1. The van der Waals surface area contributed by atoms with Crippen molar-refractivity contribution in [3.05, 3.63) is 23.8 Å². The molecule has 19 heavy (non-hydrogen) atoms. The maximum Gasteiger partial charge on any atom is 0.240 e. The molecular formula is C14H18N2O2S. The summed E-state index contributed by atoms with van der Waals surface area (Å²) in [5.74, 6) is 2.49. The number of nitrogens with one attached hydrogen (secondary N) is 2. The van der Waals surface area contributed by atoms with Gasteiger partial charge < -0.3 is 5.32 Å². The first kappa shape index (κ1) is 13.9. The summed E-state index contributed by atoms with van der Waals surface area (Å²) in [4.78, 5) is 0.329. The van der Waals surface area contributed by atoms with Crippen LogP contribution >= 0.6 is 0 Å². The molecule has 2 N–H and O–H groups in total. The van der Waals surface area contributed by atoms with Crippen LogP contribution in [0, 0.1) is 12.3 Å². The largest absolute Gasteiger partial charge is 0.385 e. The molecule has 0 radical (unpaired) electrons. The van der Waals surface area contributed by atoms with Crippen molar-refractivity contribution in [3.8, 4) is 12.3 Å². The number of benzene rings is 1. The molecule has 102 valence electrons. The Balaban J connectivity index is 2.10. The molecule has 1 aliphatic rings. The lowest BCUT2D eigenvalue weighted by molar-refractivity contribution is 0.579. The second-order valence-electron chi connectivity index (χ2n) is 4.55. The van der Waals surface area contributed by atoms with E-state index in [2.05, 4.69) is 16.0 Å². The molecule has 0 saturated carbocycles. The summed E-state index contributed by atoms with van der Waals surface area (Å²) < 4.78 is 26.8. The van der Waals surface area contributed by atoms with Crippen LogP contribution in [0.5, 0.6) is 0 Å². The van der Waals surface area contributed by atoms with E-state index in [1.54, 1.807) is 12.1 Å². The number of sulfonamides is 1. The number of hydrogen-bond donors (Lipinski definition) is 2. The van der Waals surface area contributed by atoms with E-state index >= 15 is 0 Å². The van der Waals surface area contributed by atoms with E-state index in [0.29, 0.717) is 24.3 Å². The van der Waals surface area contributed by atoms with Crippen LogP contribution in [0.1, 0.15) is 24.8 Å². The van der Waals surface area contributed by atoms with Gasteiger partial charge in [0.05, 0.1) is 4.90 Å². The fraction of sp³-hybridized carbons (Fsp3) is 0.429. The van der Waals surface area contributed by atoms with Crippen LogP contribution in [-0.4, -0.2) is 21.5 Å². The molecule has 0 unspecified atom stereocenters. The predicted molar refractivity (Wildman–Crippen MR) is 76.5 cm³/mol. The molecule has 0 fully saturated rings. The van der Waals surface area contributed by atoms with Gasteiger partial charge in [0.25, 0.3) is 0 Å². The van der Waals surface area contributed by atoms with Gasteiger partial charge in [0, 0.05) is 25.2 Å². The molecule has 4 nitrogen and oxygen atoms in total. The lowest BCUT2D eigenvalue weighted by Crippen LogP contribution is -2.25. The Labute approximate surface area is 114 Å². The summed E-state index contributed by atoms with van der Waals surface area (Å²) in [6.45, 7) is 1.32. The lowest BCUT2D eigenvalue weighted by atomic mass is 10.0. The molecule has 2 rings (SSSR count). The van der Waals surface area contributed by atoms with E-state index in [0.717, 1.165) is 30.6 Å². The number of rotatable bonds is 5. The molecule has 0 bridgehead atoms. The van der Waals surface area contributed by atoms with Gasteiger partial charge in [0.15, 0.2) is 0 Å². The van der Waals surface area contributed by atoms with Crippen molar-refractivity contribution in [3.63, 3.8) is 0 Å². The van der Waals surface area contributed by atoms with Crippen LogP contribution in [0.2, 0.25) is 0 Å². The van der Waals surface area contributed by atoms with Crippen LogP contribution in [0.3, 0.4) is 0 Å². The molecule has 0 amide bonds. The first-order chi connectivity index (χ1) is 9.13. The maximum absolute atomic E-state index is 12.1. The minimum absolute atomic E-state index is 0.329. The van der Waals surface area contributed by atoms with Crippen molar-refractivity contribution in [2.45, 2.75) is 30.6 Å². The standard InChI is InChI=1S/C14H18N2O2S/c1-2-3-4-10-16-19(17,18)13-7-8-14-12(11-13)6-5-9-15-14/h1,7-8,11,15-16H,3-6,9-10H2. The van der Waals surface area contributed by atoms with Crippen molar-refractivity contribution >= 4 is 15.7 Å². The Morgan fingerprint density at radius 1 is 1.42 bits per heavy atom. The van der Waals surface area contributed by atoms with Gasteiger partial charge in [-0.15, -0.1) is 12.3 Å². The van der Waals surface area contributed by atoms with E-state index in [4.69, 9.17) is 6.42 Å².